The minimum atomic E-state index is -0.151. The van der Waals surface area contributed by atoms with Gasteiger partial charge in [-0.25, -0.2) is 0 Å². The van der Waals surface area contributed by atoms with Crippen LogP contribution in [0.3, 0.4) is 0 Å². The van der Waals surface area contributed by atoms with Gasteiger partial charge in [-0.1, -0.05) is 30.3 Å². The summed E-state index contributed by atoms with van der Waals surface area (Å²) in [5, 5.41) is 3.45. The molecule has 1 heterocycles. The molecule has 0 spiro atoms. The molecule has 1 fully saturated rings. The number of benzene rings is 1. The van der Waals surface area contributed by atoms with Gasteiger partial charge in [0.15, 0.2) is 5.96 Å². The molecule has 1 N–H and O–H groups in total. The fraction of sp³-hybridized carbons (Fsp3) is 0.588. The van der Waals surface area contributed by atoms with E-state index in [2.05, 4.69) is 39.5 Å². The summed E-state index contributed by atoms with van der Waals surface area (Å²) >= 11 is 0. The van der Waals surface area contributed by atoms with Gasteiger partial charge < -0.3 is 19.7 Å². The second-order valence-corrected chi connectivity index (χ2v) is 5.74. The quantitative estimate of drug-likeness (QED) is 0.666. The summed E-state index contributed by atoms with van der Waals surface area (Å²) in [7, 11) is 5.64. The topological polar surface area (TPSA) is 46.1 Å². The van der Waals surface area contributed by atoms with Gasteiger partial charge in [-0.15, -0.1) is 0 Å². The Labute approximate surface area is 133 Å². The number of ether oxygens (including phenoxy) is 2. The fourth-order valence-corrected chi connectivity index (χ4v) is 2.75. The van der Waals surface area contributed by atoms with Crippen molar-refractivity contribution >= 4 is 5.96 Å². The third-order valence-electron chi connectivity index (χ3n) is 4.24. The monoisotopic (exact) mass is 305 g/mol. The Morgan fingerprint density at radius 3 is 2.59 bits per heavy atom. The van der Waals surface area contributed by atoms with E-state index in [9.17, 15) is 0 Å². The number of nitrogens with zero attached hydrogens (tertiary/aromatic N) is 2. The zero-order chi connectivity index (χ0) is 15.8. The number of rotatable bonds is 5. The van der Waals surface area contributed by atoms with E-state index >= 15 is 0 Å². The molecule has 2 rings (SSSR count). The van der Waals surface area contributed by atoms with E-state index in [4.69, 9.17) is 9.47 Å². The van der Waals surface area contributed by atoms with Crippen LogP contribution in [0.15, 0.2) is 35.3 Å². The van der Waals surface area contributed by atoms with Gasteiger partial charge in [0.1, 0.15) is 0 Å². The minimum Gasteiger partial charge on any atom is -0.381 e. The maximum Gasteiger partial charge on any atom is 0.193 e. The van der Waals surface area contributed by atoms with Crippen molar-refractivity contribution in [2.75, 3.05) is 41.0 Å². The first-order valence-electron chi connectivity index (χ1n) is 7.78. The largest absolute Gasteiger partial charge is 0.381 e. The van der Waals surface area contributed by atoms with E-state index in [-0.39, 0.29) is 5.60 Å². The van der Waals surface area contributed by atoms with Gasteiger partial charge in [0.05, 0.1) is 5.60 Å². The minimum absolute atomic E-state index is 0.151. The second kappa shape index (κ2) is 8.15. The molecule has 1 aliphatic rings. The summed E-state index contributed by atoms with van der Waals surface area (Å²) in [6.07, 6.45) is 1.83. The Morgan fingerprint density at radius 1 is 1.32 bits per heavy atom. The van der Waals surface area contributed by atoms with E-state index < -0.39 is 0 Å². The van der Waals surface area contributed by atoms with Crippen LogP contribution in [0.4, 0.5) is 0 Å². The summed E-state index contributed by atoms with van der Waals surface area (Å²) < 4.78 is 11.2. The van der Waals surface area contributed by atoms with Gasteiger partial charge in [-0.05, 0) is 5.56 Å². The molecule has 22 heavy (non-hydrogen) atoms. The smallest absolute Gasteiger partial charge is 0.193 e. The standard InChI is InChI=1S/C17H27N3O2/c1-18-16(20(2)13-15-7-5-4-6-8-15)19-14-17(21-3)9-11-22-12-10-17/h4-8H,9-14H2,1-3H3,(H,18,19). The Morgan fingerprint density at radius 2 is 2.00 bits per heavy atom. The van der Waals surface area contributed by atoms with Crippen molar-refractivity contribution in [3.05, 3.63) is 35.9 Å². The van der Waals surface area contributed by atoms with Crippen molar-refractivity contribution in [2.24, 2.45) is 4.99 Å². The summed E-state index contributed by atoms with van der Waals surface area (Å²) in [5.41, 5.74) is 1.11. The van der Waals surface area contributed by atoms with Crippen LogP contribution >= 0.6 is 0 Å². The summed E-state index contributed by atoms with van der Waals surface area (Å²) in [5.74, 6) is 0.881. The zero-order valence-electron chi connectivity index (χ0n) is 13.8. The molecule has 122 valence electrons. The van der Waals surface area contributed by atoms with Crippen LogP contribution in [-0.4, -0.2) is 57.4 Å². The summed E-state index contributed by atoms with van der Waals surface area (Å²) in [6.45, 7) is 3.09. The Balaban J connectivity index is 1.91. The average Bonchev–Trinajstić information content (AvgIpc) is 2.57. The molecule has 0 radical (unpaired) electrons. The molecule has 1 saturated heterocycles. The lowest BCUT2D eigenvalue weighted by Gasteiger charge is -2.37. The van der Waals surface area contributed by atoms with Crippen LogP contribution in [0.2, 0.25) is 0 Å². The molecule has 0 bridgehead atoms. The van der Waals surface area contributed by atoms with Crippen molar-refractivity contribution in [1.82, 2.24) is 10.2 Å². The number of hydrogen-bond donors (Lipinski definition) is 1. The first kappa shape index (κ1) is 16.8. The summed E-state index contributed by atoms with van der Waals surface area (Å²) in [4.78, 5) is 6.50. The molecule has 5 nitrogen and oxygen atoms in total. The third kappa shape index (κ3) is 4.45. The van der Waals surface area contributed by atoms with Crippen LogP contribution in [0.5, 0.6) is 0 Å². The maximum absolute atomic E-state index is 5.76. The highest BCUT2D eigenvalue weighted by atomic mass is 16.5. The fourth-order valence-electron chi connectivity index (χ4n) is 2.75. The molecule has 0 atom stereocenters. The van der Waals surface area contributed by atoms with E-state index in [0.29, 0.717) is 0 Å². The Bertz CT molecular complexity index is 470. The van der Waals surface area contributed by atoms with E-state index in [1.54, 1.807) is 7.11 Å². The molecule has 0 aliphatic carbocycles. The number of guanidine groups is 1. The molecule has 1 aromatic rings. The lowest BCUT2D eigenvalue weighted by Crippen LogP contribution is -2.50. The van der Waals surface area contributed by atoms with Gasteiger partial charge in [-0.2, -0.15) is 0 Å². The molecule has 0 amide bonds. The highest BCUT2D eigenvalue weighted by molar-refractivity contribution is 5.79. The lowest BCUT2D eigenvalue weighted by atomic mass is 9.94. The molecule has 0 unspecified atom stereocenters. The second-order valence-electron chi connectivity index (χ2n) is 5.74. The molecular formula is C17H27N3O2. The number of aliphatic imine (C=N–C) groups is 1. The molecule has 0 aromatic heterocycles. The van der Waals surface area contributed by atoms with Gasteiger partial charge in [0.25, 0.3) is 0 Å². The van der Waals surface area contributed by atoms with Gasteiger partial charge in [-0.3, -0.25) is 4.99 Å². The third-order valence-corrected chi connectivity index (χ3v) is 4.24. The van der Waals surface area contributed by atoms with Crippen molar-refractivity contribution in [3.8, 4) is 0 Å². The molecule has 1 aromatic carbocycles. The van der Waals surface area contributed by atoms with Crippen molar-refractivity contribution in [1.29, 1.82) is 0 Å². The number of hydrogen-bond acceptors (Lipinski definition) is 3. The van der Waals surface area contributed by atoms with Gasteiger partial charge in [0.2, 0.25) is 0 Å². The van der Waals surface area contributed by atoms with Crippen molar-refractivity contribution < 1.29 is 9.47 Å². The van der Waals surface area contributed by atoms with Crippen LogP contribution in [0.25, 0.3) is 0 Å². The van der Waals surface area contributed by atoms with Gasteiger partial charge >= 0.3 is 0 Å². The predicted molar refractivity (Wildman–Crippen MR) is 89.1 cm³/mol. The van der Waals surface area contributed by atoms with E-state index in [1.165, 1.54) is 5.56 Å². The summed E-state index contributed by atoms with van der Waals surface area (Å²) in [6, 6.07) is 10.4. The number of nitrogens with one attached hydrogen (secondary N) is 1. The highest BCUT2D eigenvalue weighted by Gasteiger charge is 2.32. The Hall–Kier alpha value is -1.59. The van der Waals surface area contributed by atoms with Crippen LogP contribution < -0.4 is 5.32 Å². The zero-order valence-corrected chi connectivity index (χ0v) is 13.8. The normalized spacial score (nSPS) is 18.0. The molecular weight excluding hydrogens is 278 g/mol. The van der Waals surface area contributed by atoms with E-state index in [1.807, 2.05) is 20.2 Å². The van der Waals surface area contributed by atoms with Crippen LogP contribution in [0.1, 0.15) is 18.4 Å². The first-order chi connectivity index (χ1) is 10.7. The molecule has 1 aliphatic heterocycles. The molecule has 5 heteroatoms. The average molecular weight is 305 g/mol. The molecule has 0 saturated carbocycles. The van der Waals surface area contributed by atoms with Crippen LogP contribution in [-0.2, 0) is 16.0 Å². The van der Waals surface area contributed by atoms with Crippen LogP contribution in [0, 0.1) is 0 Å². The number of methoxy groups -OCH3 is 1. The Kier molecular flexibility index (Phi) is 6.21. The maximum atomic E-state index is 5.76. The predicted octanol–water partition coefficient (Wildman–Crippen LogP) is 1.89. The van der Waals surface area contributed by atoms with Crippen molar-refractivity contribution in [3.63, 3.8) is 0 Å². The van der Waals surface area contributed by atoms with Crippen molar-refractivity contribution in [2.45, 2.75) is 25.0 Å². The SMILES string of the molecule is CN=C(NCC1(OC)CCOCC1)N(C)Cc1ccccc1. The van der Waals surface area contributed by atoms with E-state index in [0.717, 1.165) is 45.1 Å². The first-order valence-corrected chi connectivity index (χ1v) is 7.78. The lowest BCUT2D eigenvalue weighted by molar-refractivity contribution is -0.0857. The highest BCUT2D eigenvalue weighted by Crippen LogP contribution is 2.23. The van der Waals surface area contributed by atoms with Gasteiger partial charge in [0, 0.05) is 60.4 Å².